The Morgan fingerprint density at radius 3 is 2.30 bits per heavy atom. The summed E-state index contributed by atoms with van der Waals surface area (Å²) in [6, 6.07) is 14.8. The molecule has 5 heteroatoms. The SMILES string of the molecule is CCc1cccc(CC)c1NC(N)=NCc1ccccc1N1CCOCC1. The lowest BCUT2D eigenvalue weighted by molar-refractivity contribution is 0.122. The van der Waals surface area contributed by atoms with Crippen molar-refractivity contribution in [1.82, 2.24) is 0 Å². The quantitative estimate of drug-likeness (QED) is 0.606. The summed E-state index contributed by atoms with van der Waals surface area (Å²) in [5.74, 6) is 0.461. The largest absolute Gasteiger partial charge is 0.378 e. The molecule has 5 nitrogen and oxygen atoms in total. The van der Waals surface area contributed by atoms with Gasteiger partial charge < -0.3 is 20.7 Å². The molecule has 1 aliphatic heterocycles. The third-order valence-corrected chi connectivity index (χ3v) is 5.02. The Kier molecular flexibility index (Phi) is 6.71. The molecule has 1 fully saturated rings. The number of para-hydroxylation sites is 2. The van der Waals surface area contributed by atoms with Crippen molar-refractivity contribution in [3.05, 3.63) is 59.2 Å². The third-order valence-electron chi connectivity index (χ3n) is 5.02. The number of ether oxygens (including phenoxy) is 1. The molecule has 0 atom stereocenters. The summed E-state index contributed by atoms with van der Waals surface area (Å²) in [4.78, 5) is 6.98. The van der Waals surface area contributed by atoms with Gasteiger partial charge in [-0.15, -0.1) is 0 Å². The first kappa shape index (κ1) is 19.2. The molecule has 2 aromatic carbocycles. The van der Waals surface area contributed by atoms with Gasteiger partial charge in [-0.2, -0.15) is 0 Å². The number of benzene rings is 2. The van der Waals surface area contributed by atoms with Crippen molar-refractivity contribution in [2.45, 2.75) is 33.2 Å². The number of nitrogens with one attached hydrogen (secondary N) is 1. The van der Waals surface area contributed by atoms with Crippen molar-refractivity contribution in [2.75, 3.05) is 36.5 Å². The number of nitrogens with two attached hydrogens (primary N) is 1. The van der Waals surface area contributed by atoms with Crippen LogP contribution in [0.4, 0.5) is 11.4 Å². The highest BCUT2D eigenvalue weighted by Gasteiger charge is 2.14. The molecule has 0 radical (unpaired) electrons. The van der Waals surface area contributed by atoms with E-state index in [0.29, 0.717) is 12.5 Å². The molecular formula is C22H30N4O. The molecule has 0 spiro atoms. The van der Waals surface area contributed by atoms with Crippen LogP contribution in [0.5, 0.6) is 0 Å². The Morgan fingerprint density at radius 2 is 1.63 bits per heavy atom. The highest BCUT2D eigenvalue weighted by Crippen LogP contribution is 2.24. The van der Waals surface area contributed by atoms with Gasteiger partial charge in [0.15, 0.2) is 5.96 Å². The maximum Gasteiger partial charge on any atom is 0.193 e. The van der Waals surface area contributed by atoms with Crippen molar-refractivity contribution in [3.63, 3.8) is 0 Å². The highest BCUT2D eigenvalue weighted by atomic mass is 16.5. The minimum absolute atomic E-state index is 0.461. The van der Waals surface area contributed by atoms with E-state index in [1.165, 1.54) is 22.4 Å². The van der Waals surface area contributed by atoms with E-state index < -0.39 is 0 Å². The number of aliphatic imine (C=N–C) groups is 1. The molecule has 2 aromatic rings. The Bertz CT molecular complexity index is 759. The minimum atomic E-state index is 0.461. The molecule has 3 rings (SSSR count). The molecule has 0 aliphatic carbocycles. The van der Waals surface area contributed by atoms with E-state index in [1.54, 1.807) is 0 Å². The summed E-state index contributed by atoms with van der Waals surface area (Å²) in [6.07, 6.45) is 1.92. The topological polar surface area (TPSA) is 62.9 Å². The van der Waals surface area contributed by atoms with Crippen LogP contribution in [0.15, 0.2) is 47.5 Å². The number of nitrogens with zero attached hydrogens (tertiary/aromatic N) is 2. The minimum Gasteiger partial charge on any atom is -0.378 e. The molecule has 0 bridgehead atoms. The Morgan fingerprint density at radius 1 is 1.00 bits per heavy atom. The van der Waals surface area contributed by atoms with Gasteiger partial charge in [0.05, 0.1) is 19.8 Å². The van der Waals surface area contributed by atoms with Crippen LogP contribution in [0, 0.1) is 0 Å². The molecule has 0 aromatic heterocycles. The maximum absolute atomic E-state index is 6.23. The van der Waals surface area contributed by atoms with Gasteiger partial charge in [0.2, 0.25) is 0 Å². The van der Waals surface area contributed by atoms with E-state index in [0.717, 1.165) is 44.8 Å². The van der Waals surface area contributed by atoms with Crippen molar-refractivity contribution in [3.8, 4) is 0 Å². The molecule has 0 amide bonds. The van der Waals surface area contributed by atoms with E-state index in [2.05, 4.69) is 71.5 Å². The Hall–Kier alpha value is -2.53. The number of anilines is 2. The smallest absolute Gasteiger partial charge is 0.193 e. The number of hydrogen-bond donors (Lipinski definition) is 2. The van der Waals surface area contributed by atoms with Crippen molar-refractivity contribution in [1.29, 1.82) is 0 Å². The predicted octanol–water partition coefficient (Wildman–Crippen LogP) is 3.57. The first-order valence-electron chi connectivity index (χ1n) is 9.81. The van der Waals surface area contributed by atoms with E-state index in [9.17, 15) is 0 Å². The van der Waals surface area contributed by atoms with Crippen LogP contribution < -0.4 is 16.0 Å². The zero-order valence-electron chi connectivity index (χ0n) is 16.4. The Labute approximate surface area is 162 Å². The normalized spacial score (nSPS) is 15.0. The molecule has 0 saturated carbocycles. The number of guanidine groups is 1. The molecule has 1 saturated heterocycles. The lowest BCUT2D eigenvalue weighted by atomic mass is 10.0. The van der Waals surface area contributed by atoms with E-state index in [-0.39, 0.29) is 0 Å². The van der Waals surface area contributed by atoms with Crippen LogP contribution in [0.2, 0.25) is 0 Å². The lowest BCUT2D eigenvalue weighted by Gasteiger charge is -2.30. The van der Waals surface area contributed by atoms with Crippen LogP contribution in [0.1, 0.15) is 30.5 Å². The summed E-state index contributed by atoms with van der Waals surface area (Å²) >= 11 is 0. The van der Waals surface area contributed by atoms with Crippen LogP contribution in [0.3, 0.4) is 0 Å². The average molecular weight is 367 g/mol. The summed E-state index contributed by atoms with van der Waals surface area (Å²) in [7, 11) is 0. The second-order valence-electron chi connectivity index (χ2n) is 6.71. The van der Waals surface area contributed by atoms with Crippen LogP contribution in [-0.4, -0.2) is 32.3 Å². The molecule has 1 heterocycles. The van der Waals surface area contributed by atoms with Crippen molar-refractivity contribution >= 4 is 17.3 Å². The predicted molar refractivity (Wildman–Crippen MR) is 114 cm³/mol. The van der Waals surface area contributed by atoms with Crippen LogP contribution in [0.25, 0.3) is 0 Å². The standard InChI is InChI=1S/C22H30N4O/c1-3-17-9-7-10-18(4-2)21(17)25-22(23)24-16-19-8-5-6-11-20(19)26-12-14-27-15-13-26/h5-11H,3-4,12-16H2,1-2H3,(H3,23,24,25). The fraction of sp³-hybridized carbons (Fsp3) is 0.409. The van der Waals surface area contributed by atoms with Crippen molar-refractivity contribution in [2.24, 2.45) is 10.7 Å². The van der Waals surface area contributed by atoms with Gasteiger partial charge in [-0.1, -0.05) is 50.2 Å². The van der Waals surface area contributed by atoms with Crippen LogP contribution in [-0.2, 0) is 24.1 Å². The first-order chi connectivity index (χ1) is 13.2. The van der Waals surface area contributed by atoms with Gasteiger partial charge >= 0.3 is 0 Å². The monoisotopic (exact) mass is 366 g/mol. The van der Waals surface area contributed by atoms with E-state index in [1.807, 2.05) is 0 Å². The fourth-order valence-electron chi connectivity index (χ4n) is 3.50. The molecule has 144 valence electrons. The van der Waals surface area contributed by atoms with Gasteiger partial charge in [0.25, 0.3) is 0 Å². The van der Waals surface area contributed by atoms with E-state index >= 15 is 0 Å². The van der Waals surface area contributed by atoms with Gasteiger partial charge in [-0.05, 0) is 35.6 Å². The van der Waals surface area contributed by atoms with Gasteiger partial charge in [-0.3, -0.25) is 0 Å². The molecule has 1 aliphatic rings. The molecular weight excluding hydrogens is 336 g/mol. The average Bonchev–Trinajstić information content (AvgIpc) is 2.73. The third kappa shape index (κ3) is 4.80. The summed E-state index contributed by atoms with van der Waals surface area (Å²) < 4.78 is 5.47. The highest BCUT2D eigenvalue weighted by molar-refractivity contribution is 5.93. The van der Waals surface area contributed by atoms with Gasteiger partial charge in [0, 0.05) is 24.5 Å². The van der Waals surface area contributed by atoms with Crippen LogP contribution >= 0.6 is 0 Å². The number of hydrogen-bond acceptors (Lipinski definition) is 3. The zero-order chi connectivity index (χ0) is 19.1. The van der Waals surface area contributed by atoms with Gasteiger partial charge in [0.1, 0.15) is 0 Å². The number of aryl methyl sites for hydroxylation is 2. The first-order valence-corrected chi connectivity index (χ1v) is 9.81. The summed E-state index contributed by atoms with van der Waals surface area (Å²) in [5.41, 5.74) is 12.3. The number of morpholine rings is 1. The lowest BCUT2D eigenvalue weighted by Crippen LogP contribution is -2.36. The summed E-state index contributed by atoms with van der Waals surface area (Å²) in [6.45, 7) is 8.25. The van der Waals surface area contributed by atoms with Crippen molar-refractivity contribution < 1.29 is 4.74 Å². The maximum atomic E-state index is 6.23. The van der Waals surface area contributed by atoms with Gasteiger partial charge in [-0.25, -0.2) is 4.99 Å². The zero-order valence-corrected chi connectivity index (χ0v) is 16.4. The number of rotatable bonds is 6. The molecule has 3 N–H and O–H groups in total. The van der Waals surface area contributed by atoms with E-state index in [4.69, 9.17) is 10.5 Å². The summed E-state index contributed by atoms with van der Waals surface area (Å²) in [5, 5.41) is 3.34. The Balaban J connectivity index is 1.75. The molecule has 27 heavy (non-hydrogen) atoms. The second-order valence-corrected chi connectivity index (χ2v) is 6.71. The second kappa shape index (κ2) is 9.42. The molecule has 0 unspecified atom stereocenters. The fourth-order valence-corrected chi connectivity index (χ4v) is 3.50.